The number of hydrogen-bond donors (Lipinski definition) is 0. The molecule has 0 radical (unpaired) electrons. The first-order valence-corrected chi connectivity index (χ1v) is 7.82. The van der Waals surface area contributed by atoms with E-state index in [1.807, 2.05) is 0 Å². The molecule has 0 spiro atoms. The zero-order valence-electron chi connectivity index (χ0n) is 11.1. The van der Waals surface area contributed by atoms with Gasteiger partial charge in [0.1, 0.15) is 10.7 Å². The van der Waals surface area contributed by atoms with Gasteiger partial charge in [0.2, 0.25) is 10.0 Å². The molecule has 2 rings (SSSR count). The summed E-state index contributed by atoms with van der Waals surface area (Å²) in [6.07, 6.45) is -0.988. The molecule has 0 bridgehead atoms. The summed E-state index contributed by atoms with van der Waals surface area (Å²) in [6.45, 7) is -0.0515. The molecule has 1 saturated heterocycles. The van der Waals surface area contributed by atoms with Crippen LogP contribution < -0.4 is 0 Å². The lowest BCUT2D eigenvalue weighted by molar-refractivity contribution is -0.157. The van der Waals surface area contributed by atoms with E-state index in [0.29, 0.717) is 0 Å². The summed E-state index contributed by atoms with van der Waals surface area (Å²) in [6, 6.07) is 3.03. The van der Waals surface area contributed by atoms with Gasteiger partial charge in [-0.15, -0.1) is 0 Å². The maximum Gasteiger partial charge on any atom is 0.336 e. The van der Waals surface area contributed by atoms with Crippen molar-refractivity contribution in [3.05, 3.63) is 29.0 Å². The minimum absolute atomic E-state index is 0.0534. The van der Waals surface area contributed by atoms with Crippen molar-refractivity contribution in [3.8, 4) is 0 Å². The van der Waals surface area contributed by atoms with E-state index in [-0.39, 0.29) is 29.6 Å². The Kier molecular flexibility index (Phi) is 4.82. The molecule has 1 unspecified atom stereocenters. The predicted molar refractivity (Wildman–Crippen MR) is 71.9 cm³/mol. The van der Waals surface area contributed by atoms with Gasteiger partial charge in [-0.2, -0.15) is 4.31 Å². The number of hydrogen-bond acceptors (Lipinski definition) is 5. The summed E-state index contributed by atoms with van der Waals surface area (Å²) in [7, 11) is -2.75. The van der Waals surface area contributed by atoms with Crippen LogP contribution in [0.25, 0.3) is 0 Å². The molecule has 0 N–H and O–H groups in total. The minimum atomic E-state index is -3.94. The molecule has 0 amide bonds. The van der Waals surface area contributed by atoms with Crippen LogP contribution in [0.1, 0.15) is 0 Å². The van der Waals surface area contributed by atoms with Gasteiger partial charge >= 0.3 is 5.97 Å². The van der Waals surface area contributed by atoms with Gasteiger partial charge in [-0.25, -0.2) is 17.6 Å². The van der Waals surface area contributed by atoms with Crippen molar-refractivity contribution in [3.63, 3.8) is 0 Å². The van der Waals surface area contributed by atoms with Crippen molar-refractivity contribution < 1.29 is 27.1 Å². The molecule has 1 aliphatic heterocycles. The van der Waals surface area contributed by atoms with Crippen LogP contribution in [-0.4, -0.2) is 51.6 Å². The first kappa shape index (κ1) is 16.2. The molecule has 1 heterocycles. The quantitative estimate of drug-likeness (QED) is 0.771. The van der Waals surface area contributed by atoms with Gasteiger partial charge in [-0.1, -0.05) is 11.6 Å². The fourth-order valence-corrected chi connectivity index (χ4v) is 3.87. The Morgan fingerprint density at radius 2 is 2.24 bits per heavy atom. The summed E-state index contributed by atoms with van der Waals surface area (Å²) >= 11 is 5.79. The maximum atomic E-state index is 13.0. The average Bonchev–Trinajstić information content (AvgIpc) is 2.46. The molecule has 1 aliphatic rings. The second-order valence-electron chi connectivity index (χ2n) is 4.32. The van der Waals surface area contributed by atoms with Crippen molar-refractivity contribution >= 4 is 27.6 Å². The maximum absolute atomic E-state index is 13.0. The molecule has 1 atom stereocenters. The third-order valence-corrected chi connectivity index (χ3v) is 5.35. The number of carbonyl (C=O) groups excluding carboxylic acids is 1. The molecule has 21 heavy (non-hydrogen) atoms. The molecule has 1 fully saturated rings. The molecule has 6 nitrogen and oxygen atoms in total. The summed E-state index contributed by atoms with van der Waals surface area (Å²) in [4.78, 5) is 11.2. The summed E-state index contributed by atoms with van der Waals surface area (Å²) < 4.78 is 48.8. The number of rotatable bonds is 3. The van der Waals surface area contributed by atoms with E-state index in [2.05, 4.69) is 4.74 Å². The van der Waals surface area contributed by atoms with E-state index in [0.717, 1.165) is 22.5 Å². The van der Waals surface area contributed by atoms with Crippen LogP contribution in [0.15, 0.2) is 23.1 Å². The van der Waals surface area contributed by atoms with Gasteiger partial charge in [-0.3, -0.25) is 0 Å². The summed E-state index contributed by atoms with van der Waals surface area (Å²) in [5, 5.41) is -0.212. The molecule has 1 aromatic carbocycles. The van der Waals surface area contributed by atoms with Crippen LogP contribution >= 0.6 is 11.6 Å². The first-order valence-electron chi connectivity index (χ1n) is 6.01. The van der Waals surface area contributed by atoms with Crippen LogP contribution in [0, 0.1) is 5.82 Å². The Hall–Kier alpha value is -1.22. The monoisotopic (exact) mass is 337 g/mol. The number of nitrogens with zero attached hydrogens (tertiary/aromatic N) is 1. The number of morpholine rings is 1. The van der Waals surface area contributed by atoms with Gasteiger partial charge in [0.15, 0.2) is 6.10 Å². The summed E-state index contributed by atoms with van der Waals surface area (Å²) in [5.41, 5.74) is 0. The van der Waals surface area contributed by atoms with Gasteiger partial charge in [-0.05, 0) is 18.2 Å². The van der Waals surface area contributed by atoms with E-state index in [1.165, 1.54) is 7.11 Å². The highest BCUT2D eigenvalue weighted by Crippen LogP contribution is 2.26. The normalized spacial score (nSPS) is 20.2. The molecular weight excluding hydrogens is 325 g/mol. The summed E-state index contributed by atoms with van der Waals surface area (Å²) in [5.74, 6) is -1.28. The Bertz CT molecular complexity index is 651. The van der Waals surface area contributed by atoms with Crippen LogP contribution in [0.3, 0.4) is 0 Å². The smallest absolute Gasteiger partial charge is 0.336 e. The van der Waals surface area contributed by atoms with Crippen molar-refractivity contribution in [1.82, 2.24) is 4.31 Å². The standard InChI is InChI=1S/C12H13ClFNO5S/c1-19-12(16)10-7-15(4-5-20-10)21(17,18)11-3-2-8(14)6-9(11)13/h2-3,6,10H,4-5,7H2,1H3. The highest BCUT2D eigenvalue weighted by atomic mass is 35.5. The zero-order chi connectivity index (χ0) is 15.6. The van der Waals surface area contributed by atoms with Crippen molar-refractivity contribution in [2.24, 2.45) is 0 Å². The lowest BCUT2D eigenvalue weighted by atomic mass is 10.3. The molecule has 0 aliphatic carbocycles. The zero-order valence-corrected chi connectivity index (χ0v) is 12.7. The predicted octanol–water partition coefficient (Wildman–Crippen LogP) is 1.04. The van der Waals surface area contributed by atoms with E-state index in [4.69, 9.17) is 16.3 Å². The lowest BCUT2D eigenvalue weighted by Gasteiger charge is -2.30. The number of methoxy groups -OCH3 is 1. The average molecular weight is 338 g/mol. The highest BCUT2D eigenvalue weighted by Gasteiger charge is 2.35. The molecular formula is C12H13ClFNO5S. The molecule has 9 heteroatoms. The Morgan fingerprint density at radius 3 is 2.86 bits per heavy atom. The Balaban J connectivity index is 2.28. The minimum Gasteiger partial charge on any atom is -0.467 e. The highest BCUT2D eigenvalue weighted by molar-refractivity contribution is 7.89. The number of carbonyl (C=O) groups is 1. The first-order chi connectivity index (χ1) is 9.86. The van der Waals surface area contributed by atoms with Crippen molar-refractivity contribution in [2.45, 2.75) is 11.0 Å². The fourth-order valence-electron chi connectivity index (χ4n) is 1.94. The van der Waals surface area contributed by atoms with Crippen LogP contribution in [0.5, 0.6) is 0 Å². The number of ether oxygens (including phenoxy) is 2. The van der Waals surface area contributed by atoms with Crippen molar-refractivity contribution in [2.75, 3.05) is 26.8 Å². The Morgan fingerprint density at radius 1 is 1.52 bits per heavy atom. The van der Waals surface area contributed by atoms with E-state index in [9.17, 15) is 17.6 Å². The van der Waals surface area contributed by atoms with E-state index < -0.39 is 27.9 Å². The molecule has 0 saturated carbocycles. The number of benzene rings is 1. The fraction of sp³-hybridized carbons (Fsp3) is 0.417. The number of esters is 1. The third-order valence-electron chi connectivity index (χ3n) is 3.01. The Labute approximate surface area is 126 Å². The second kappa shape index (κ2) is 6.27. The van der Waals surface area contributed by atoms with Crippen LogP contribution in [-0.2, 0) is 24.3 Å². The van der Waals surface area contributed by atoms with E-state index >= 15 is 0 Å². The number of sulfonamides is 1. The van der Waals surface area contributed by atoms with E-state index in [1.54, 1.807) is 0 Å². The van der Waals surface area contributed by atoms with Gasteiger partial charge in [0, 0.05) is 6.54 Å². The van der Waals surface area contributed by atoms with Crippen LogP contribution in [0.4, 0.5) is 4.39 Å². The molecule has 0 aromatic heterocycles. The van der Waals surface area contributed by atoms with Crippen molar-refractivity contribution in [1.29, 1.82) is 0 Å². The second-order valence-corrected chi connectivity index (χ2v) is 6.63. The van der Waals surface area contributed by atoms with Gasteiger partial charge in [0.05, 0.1) is 25.3 Å². The van der Waals surface area contributed by atoms with Gasteiger partial charge < -0.3 is 9.47 Å². The largest absolute Gasteiger partial charge is 0.467 e. The van der Waals surface area contributed by atoms with Gasteiger partial charge in [0.25, 0.3) is 0 Å². The molecule has 116 valence electrons. The lowest BCUT2D eigenvalue weighted by Crippen LogP contribution is -2.48. The topological polar surface area (TPSA) is 72.9 Å². The SMILES string of the molecule is COC(=O)C1CN(S(=O)(=O)c2ccc(F)cc2Cl)CCO1. The number of halogens is 2. The molecule has 1 aromatic rings. The van der Waals surface area contributed by atoms with Crippen LogP contribution in [0.2, 0.25) is 5.02 Å². The third kappa shape index (κ3) is 3.34.